The number of rotatable bonds is 4. The van der Waals surface area contributed by atoms with Gasteiger partial charge in [0.15, 0.2) is 0 Å². The number of hydrogen-bond acceptors (Lipinski definition) is 1. The standard InChI is InChI=1S/C23H28OSe/c1-16(18-8-6-17(15-24)7-9-18)25-19-10-11-20-21(14-19)23(4,5)13-12-22(20,2)3/h6-14,16,24H,15H2,1-5H3. The summed E-state index contributed by atoms with van der Waals surface area (Å²) >= 11 is 0.386. The minimum absolute atomic E-state index is 0.100. The number of fused-ring (bicyclic) bond motifs is 1. The van der Waals surface area contributed by atoms with Crippen LogP contribution in [0.1, 0.15) is 61.7 Å². The molecular formula is C23H28OSe. The van der Waals surface area contributed by atoms with E-state index in [0.29, 0.717) is 19.8 Å². The first-order valence-corrected chi connectivity index (χ1v) is 10.8. The molecule has 1 N–H and O–H groups in total. The molecule has 25 heavy (non-hydrogen) atoms. The van der Waals surface area contributed by atoms with Crippen molar-refractivity contribution in [1.29, 1.82) is 0 Å². The first-order chi connectivity index (χ1) is 11.7. The Labute approximate surface area is 158 Å². The summed E-state index contributed by atoms with van der Waals surface area (Å²) in [6.45, 7) is 11.6. The van der Waals surface area contributed by atoms with Crippen molar-refractivity contribution < 1.29 is 5.11 Å². The van der Waals surface area contributed by atoms with Crippen LogP contribution in [-0.2, 0) is 17.4 Å². The average molecular weight is 399 g/mol. The summed E-state index contributed by atoms with van der Waals surface area (Å²) in [6.07, 6.45) is 4.72. The van der Waals surface area contributed by atoms with Gasteiger partial charge in [0.2, 0.25) is 0 Å². The Kier molecular flexibility index (Phi) is 4.99. The van der Waals surface area contributed by atoms with E-state index in [1.165, 1.54) is 21.2 Å². The van der Waals surface area contributed by atoms with E-state index in [-0.39, 0.29) is 17.4 Å². The summed E-state index contributed by atoms with van der Waals surface area (Å²) in [6, 6.07) is 15.5. The molecule has 1 unspecified atom stereocenters. The van der Waals surface area contributed by atoms with Crippen LogP contribution in [0.3, 0.4) is 0 Å². The second-order valence-corrected chi connectivity index (χ2v) is 11.1. The molecule has 132 valence electrons. The van der Waals surface area contributed by atoms with Gasteiger partial charge in [-0.1, -0.05) is 0 Å². The van der Waals surface area contributed by atoms with Gasteiger partial charge in [-0.25, -0.2) is 0 Å². The Hall–Kier alpha value is -1.34. The quantitative estimate of drug-likeness (QED) is 0.597. The predicted octanol–water partition coefficient (Wildman–Crippen LogP) is 4.39. The molecule has 0 heterocycles. The van der Waals surface area contributed by atoms with Gasteiger partial charge in [-0.05, 0) is 0 Å². The van der Waals surface area contributed by atoms with Crippen LogP contribution in [0.2, 0.25) is 0 Å². The Balaban J connectivity index is 1.87. The number of aliphatic hydroxyl groups excluding tert-OH is 1. The Morgan fingerprint density at radius 2 is 1.48 bits per heavy atom. The number of hydrogen-bond donors (Lipinski definition) is 1. The molecule has 0 radical (unpaired) electrons. The van der Waals surface area contributed by atoms with Gasteiger partial charge in [0.05, 0.1) is 0 Å². The third-order valence-corrected chi connectivity index (χ3v) is 7.66. The van der Waals surface area contributed by atoms with Gasteiger partial charge in [0.25, 0.3) is 0 Å². The molecular weight excluding hydrogens is 371 g/mol. The van der Waals surface area contributed by atoms with E-state index >= 15 is 0 Å². The van der Waals surface area contributed by atoms with Crippen LogP contribution >= 0.6 is 0 Å². The topological polar surface area (TPSA) is 20.2 Å². The Bertz CT molecular complexity index is 784. The van der Waals surface area contributed by atoms with Gasteiger partial charge in [0, 0.05) is 0 Å². The van der Waals surface area contributed by atoms with Crippen LogP contribution in [0.15, 0.2) is 54.6 Å². The Morgan fingerprint density at radius 1 is 0.880 bits per heavy atom. The summed E-state index contributed by atoms with van der Waals surface area (Å²) in [5, 5.41) is 9.20. The maximum atomic E-state index is 9.20. The Morgan fingerprint density at radius 3 is 2.08 bits per heavy atom. The van der Waals surface area contributed by atoms with E-state index in [1.807, 2.05) is 12.1 Å². The third-order valence-electron chi connectivity index (χ3n) is 5.24. The van der Waals surface area contributed by atoms with Gasteiger partial charge >= 0.3 is 158 Å². The van der Waals surface area contributed by atoms with E-state index in [2.05, 4.69) is 77.1 Å². The zero-order chi connectivity index (χ0) is 18.2. The fourth-order valence-electron chi connectivity index (χ4n) is 3.45. The summed E-state index contributed by atoms with van der Waals surface area (Å²) < 4.78 is 1.46. The fourth-order valence-corrected chi connectivity index (χ4v) is 5.62. The molecule has 1 nitrogen and oxygen atoms in total. The molecule has 2 aromatic carbocycles. The van der Waals surface area contributed by atoms with Crippen molar-refractivity contribution in [2.75, 3.05) is 0 Å². The van der Waals surface area contributed by atoms with Crippen LogP contribution in [0, 0.1) is 0 Å². The molecule has 1 aliphatic carbocycles. The van der Waals surface area contributed by atoms with Crippen LogP contribution in [0.25, 0.3) is 0 Å². The van der Waals surface area contributed by atoms with E-state index in [9.17, 15) is 5.11 Å². The summed E-state index contributed by atoms with van der Waals surface area (Å²) in [5.41, 5.74) is 5.48. The molecule has 0 aliphatic heterocycles. The van der Waals surface area contributed by atoms with Crippen LogP contribution in [-0.4, -0.2) is 20.1 Å². The van der Waals surface area contributed by atoms with Crippen molar-refractivity contribution in [3.05, 3.63) is 76.9 Å². The molecule has 0 saturated carbocycles. The number of benzene rings is 2. The van der Waals surface area contributed by atoms with Crippen molar-refractivity contribution in [3.8, 4) is 0 Å². The first kappa shape index (κ1) is 18.5. The number of allylic oxidation sites excluding steroid dienone is 2. The molecule has 1 aliphatic rings. The normalized spacial score (nSPS) is 18.6. The number of aliphatic hydroxyl groups is 1. The van der Waals surface area contributed by atoms with Gasteiger partial charge in [0.1, 0.15) is 0 Å². The molecule has 0 saturated heterocycles. The third kappa shape index (κ3) is 3.77. The molecule has 0 spiro atoms. The van der Waals surface area contributed by atoms with Gasteiger partial charge in [-0.3, -0.25) is 0 Å². The molecule has 0 bridgehead atoms. The minimum atomic E-state index is 0.100. The van der Waals surface area contributed by atoms with Crippen LogP contribution in [0.4, 0.5) is 0 Å². The molecule has 2 heteroatoms. The second kappa shape index (κ2) is 6.76. The van der Waals surface area contributed by atoms with E-state index < -0.39 is 0 Å². The maximum absolute atomic E-state index is 9.20. The summed E-state index contributed by atoms with van der Waals surface area (Å²) in [7, 11) is 0. The molecule has 0 fully saturated rings. The van der Waals surface area contributed by atoms with E-state index in [0.717, 1.165) is 5.56 Å². The zero-order valence-electron chi connectivity index (χ0n) is 15.8. The SMILES string of the molecule is CC([Se]c1ccc2c(c1)C(C)(C)C=CC2(C)C)c1ccc(CO)cc1. The van der Waals surface area contributed by atoms with Crippen molar-refractivity contribution in [1.82, 2.24) is 0 Å². The molecule has 0 aromatic heterocycles. The molecule has 2 aromatic rings. The average Bonchev–Trinajstić information content (AvgIpc) is 2.59. The van der Waals surface area contributed by atoms with Crippen LogP contribution < -0.4 is 4.46 Å². The van der Waals surface area contributed by atoms with Crippen molar-refractivity contribution in [3.63, 3.8) is 0 Å². The van der Waals surface area contributed by atoms with Crippen molar-refractivity contribution in [2.45, 2.75) is 56.9 Å². The summed E-state index contributed by atoms with van der Waals surface area (Å²) in [5.74, 6) is 0. The van der Waals surface area contributed by atoms with Gasteiger partial charge in [-0.2, -0.15) is 0 Å². The fraction of sp³-hybridized carbons (Fsp3) is 0.391. The summed E-state index contributed by atoms with van der Waals surface area (Å²) in [4.78, 5) is 0.522. The zero-order valence-corrected chi connectivity index (χ0v) is 17.5. The monoisotopic (exact) mass is 400 g/mol. The van der Waals surface area contributed by atoms with E-state index in [1.54, 1.807) is 0 Å². The predicted molar refractivity (Wildman–Crippen MR) is 108 cm³/mol. The van der Waals surface area contributed by atoms with Gasteiger partial charge in [-0.15, -0.1) is 0 Å². The van der Waals surface area contributed by atoms with E-state index in [4.69, 9.17) is 0 Å². The second-order valence-electron chi connectivity index (χ2n) is 8.14. The van der Waals surface area contributed by atoms with Crippen molar-refractivity contribution >= 4 is 19.4 Å². The van der Waals surface area contributed by atoms with Gasteiger partial charge < -0.3 is 0 Å². The van der Waals surface area contributed by atoms with Crippen molar-refractivity contribution in [2.24, 2.45) is 0 Å². The molecule has 1 atom stereocenters. The van der Waals surface area contributed by atoms with Crippen LogP contribution in [0.5, 0.6) is 0 Å². The first-order valence-electron chi connectivity index (χ1n) is 8.95. The molecule has 0 amide bonds. The molecule has 3 rings (SSSR count).